The summed E-state index contributed by atoms with van der Waals surface area (Å²) in [6.45, 7) is 15.5. The summed E-state index contributed by atoms with van der Waals surface area (Å²) in [4.78, 5) is 5.22. The molecule has 3 heteroatoms. The zero-order chi connectivity index (χ0) is 12.1. The third-order valence-corrected chi connectivity index (χ3v) is 4.72. The fraction of sp³-hybridized carbons (Fsp3) is 1.00. The van der Waals surface area contributed by atoms with Gasteiger partial charge in [-0.05, 0) is 25.3 Å². The van der Waals surface area contributed by atoms with Gasteiger partial charge in [0.1, 0.15) is 0 Å². The van der Waals surface area contributed by atoms with Crippen molar-refractivity contribution in [1.29, 1.82) is 0 Å². The van der Waals surface area contributed by atoms with Crippen LogP contribution in [0, 0.1) is 11.8 Å². The molecule has 1 rings (SSSR count). The summed E-state index contributed by atoms with van der Waals surface area (Å²) in [5.41, 5.74) is 0. The monoisotopic (exact) mass is 290 g/mol. The van der Waals surface area contributed by atoms with Crippen molar-refractivity contribution in [3.05, 3.63) is 0 Å². The molecule has 2 atom stereocenters. The Morgan fingerprint density at radius 1 is 1.31 bits per heavy atom. The van der Waals surface area contributed by atoms with E-state index in [1.165, 1.54) is 32.7 Å². The first kappa shape index (κ1) is 14.5. The molecule has 0 aromatic carbocycles. The molecule has 96 valence electrons. The highest BCUT2D eigenvalue weighted by Crippen LogP contribution is 2.18. The first-order chi connectivity index (χ1) is 7.58. The molecule has 0 aromatic heterocycles. The average Bonchev–Trinajstić information content (AvgIpc) is 2.25. The number of likely N-dealkylation sites (N-methyl/N-ethyl adjacent to an activating group) is 1. The molecule has 16 heavy (non-hydrogen) atoms. The first-order valence-electron chi connectivity index (χ1n) is 6.60. The van der Waals surface area contributed by atoms with Crippen molar-refractivity contribution in [2.45, 2.75) is 33.7 Å². The molecule has 0 radical (unpaired) electrons. The highest BCUT2D eigenvalue weighted by molar-refractivity contribution is 9.09. The van der Waals surface area contributed by atoms with Gasteiger partial charge < -0.3 is 4.90 Å². The number of alkyl halides is 1. The Morgan fingerprint density at radius 3 is 2.44 bits per heavy atom. The highest BCUT2D eigenvalue weighted by atomic mass is 79.9. The zero-order valence-electron chi connectivity index (χ0n) is 11.2. The van der Waals surface area contributed by atoms with Crippen LogP contribution in [0.1, 0.15) is 27.7 Å². The lowest BCUT2D eigenvalue weighted by atomic mass is 9.97. The van der Waals surface area contributed by atoms with E-state index in [1.54, 1.807) is 0 Å². The van der Waals surface area contributed by atoms with Crippen LogP contribution in [-0.2, 0) is 0 Å². The Morgan fingerprint density at radius 2 is 2.00 bits per heavy atom. The second-order valence-electron chi connectivity index (χ2n) is 5.40. The van der Waals surface area contributed by atoms with E-state index in [2.05, 4.69) is 53.4 Å². The summed E-state index contributed by atoms with van der Waals surface area (Å²) in [7, 11) is 0. The van der Waals surface area contributed by atoms with Gasteiger partial charge in [0.15, 0.2) is 0 Å². The van der Waals surface area contributed by atoms with Crippen LogP contribution in [0.25, 0.3) is 0 Å². The highest BCUT2D eigenvalue weighted by Gasteiger charge is 2.24. The van der Waals surface area contributed by atoms with Crippen molar-refractivity contribution in [1.82, 2.24) is 9.80 Å². The molecule has 2 unspecified atom stereocenters. The lowest BCUT2D eigenvalue weighted by molar-refractivity contribution is 0.0745. The van der Waals surface area contributed by atoms with Crippen LogP contribution in [0.2, 0.25) is 0 Å². The van der Waals surface area contributed by atoms with Gasteiger partial charge in [-0.2, -0.15) is 0 Å². The van der Waals surface area contributed by atoms with Crippen LogP contribution in [0.4, 0.5) is 0 Å². The number of rotatable bonds is 5. The Hall–Kier alpha value is 0.400. The van der Waals surface area contributed by atoms with E-state index in [0.717, 1.165) is 23.2 Å². The molecule has 1 fully saturated rings. The minimum absolute atomic E-state index is 0.724. The number of halogens is 1. The van der Waals surface area contributed by atoms with Gasteiger partial charge in [0, 0.05) is 37.6 Å². The molecule has 0 bridgehead atoms. The van der Waals surface area contributed by atoms with E-state index in [0.29, 0.717) is 0 Å². The normalized spacial score (nSPS) is 26.2. The van der Waals surface area contributed by atoms with Gasteiger partial charge in [-0.1, -0.05) is 36.7 Å². The summed E-state index contributed by atoms with van der Waals surface area (Å²) in [6.07, 6.45) is 0. The molecule has 1 saturated heterocycles. The predicted molar refractivity (Wildman–Crippen MR) is 75.3 cm³/mol. The summed E-state index contributed by atoms with van der Waals surface area (Å²) >= 11 is 3.65. The largest absolute Gasteiger partial charge is 0.300 e. The van der Waals surface area contributed by atoms with E-state index in [4.69, 9.17) is 0 Å². The maximum atomic E-state index is 3.65. The standard InChI is InChI=1S/C13H27BrN2/c1-5-16-7-6-15(9-12(16)4)10-13(8-14)11(2)3/h11-13H,5-10H2,1-4H3. The van der Waals surface area contributed by atoms with E-state index < -0.39 is 0 Å². The Labute approximate surface area is 109 Å². The second-order valence-corrected chi connectivity index (χ2v) is 6.04. The predicted octanol–water partition coefficient (Wildman–Crippen LogP) is 2.68. The molecule has 1 aliphatic rings. The minimum Gasteiger partial charge on any atom is -0.300 e. The summed E-state index contributed by atoms with van der Waals surface area (Å²) in [6, 6.07) is 0.724. The smallest absolute Gasteiger partial charge is 0.0195 e. The summed E-state index contributed by atoms with van der Waals surface area (Å²) in [5, 5.41) is 1.13. The van der Waals surface area contributed by atoms with Crippen molar-refractivity contribution >= 4 is 15.9 Å². The molecule has 1 heterocycles. The maximum Gasteiger partial charge on any atom is 0.0195 e. The van der Waals surface area contributed by atoms with Crippen LogP contribution in [-0.4, -0.2) is 53.9 Å². The van der Waals surface area contributed by atoms with E-state index in [9.17, 15) is 0 Å². The van der Waals surface area contributed by atoms with Crippen LogP contribution >= 0.6 is 15.9 Å². The van der Waals surface area contributed by atoms with Gasteiger partial charge in [-0.3, -0.25) is 4.90 Å². The van der Waals surface area contributed by atoms with E-state index in [1.807, 2.05) is 0 Å². The Kier molecular flexibility index (Phi) is 6.30. The van der Waals surface area contributed by atoms with Gasteiger partial charge in [0.25, 0.3) is 0 Å². The Bertz CT molecular complexity index is 196. The summed E-state index contributed by atoms with van der Waals surface area (Å²) < 4.78 is 0. The van der Waals surface area contributed by atoms with E-state index >= 15 is 0 Å². The van der Waals surface area contributed by atoms with Crippen LogP contribution < -0.4 is 0 Å². The fourth-order valence-electron chi connectivity index (χ4n) is 2.48. The molecule has 0 aromatic rings. The van der Waals surface area contributed by atoms with E-state index in [-0.39, 0.29) is 0 Å². The van der Waals surface area contributed by atoms with Gasteiger partial charge in [-0.15, -0.1) is 0 Å². The van der Waals surface area contributed by atoms with Gasteiger partial charge >= 0.3 is 0 Å². The third kappa shape index (κ3) is 4.01. The maximum absolute atomic E-state index is 3.65. The molecule has 0 spiro atoms. The molecule has 1 aliphatic heterocycles. The van der Waals surface area contributed by atoms with Gasteiger partial charge in [-0.25, -0.2) is 0 Å². The average molecular weight is 291 g/mol. The topological polar surface area (TPSA) is 6.48 Å². The lowest BCUT2D eigenvalue weighted by Gasteiger charge is -2.41. The Balaban J connectivity index is 2.39. The van der Waals surface area contributed by atoms with Gasteiger partial charge in [0.05, 0.1) is 0 Å². The lowest BCUT2D eigenvalue weighted by Crippen LogP contribution is -2.52. The molecular formula is C13H27BrN2. The van der Waals surface area contributed by atoms with Crippen molar-refractivity contribution in [2.75, 3.05) is 38.1 Å². The quantitative estimate of drug-likeness (QED) is 0.719. The van der Waals surface area contributed by atoms with Crippen molar-refractivity contribution < 1.29 is 0 Å². The van der Waals surface area contributed by atoms with Crippen LogP contribution in [0.5, 0.6) is 0 Å². The molecule has 2 nitrogen and oxygen atoms in total. The number of hydrogen-bond donors (Lipinski definition) is 0. The minimum atomic E-state index is 0.724. The third-order valence-electron chi connectivity index (χ3n) is 3.89. The first-order valence-corrected chi connectivity index (χ1v) is 7.73. The molecule has 0 amide bonds. The van der Waals surface area contributed by atoms with Gasteiger partial charge in [0.2, 0.25) is 0 Å². The zero-order valence-corrected chi connectivity index (χ0v) is 12.8. The number of piperazine rings is 1. The molecule has 0 N–H and O–H groups in total. The van der Waals surface area contributed by atoms with Crippen molar-refractivity contribution in [3.63, 3.8) is 0 Å². The summed E-state index contributed by atoms with van der Waals surface area (Å²) in [5.74, 6) is 1.57. The molecule has 0 aliphatic carbocycles. The fourth-order valence-corrected chi connectivity index (χ4v) is 3.43. The van der Waals surface area contributed by atoms with Crippen LogP contribution in [0.3, 0.4) is 0 Å². The second kappa shape index (κ2) is 6.97. The number of nitrogens with zero attached hydrogens (tertiary/aromatic N) is 2. The number of hydrogen-bond acceptors (Lipinski definition) is 2. The van der Waals surface area contributed by atoms with Crippen LogP contribution in [0.15, 0.2) is 0 Å². The molecule has 0 saturated carbocycles. The SMILES string of the molecule is CCN1CCN(CC(CBr)C(C)C)CC1C. The van der Waals surface area contributed by atoms with Crippen molar-refractivity contribution in [3.8, 4) is 0 Å². The van der Waals surface area contributed by atoms with Crippen molar-refractivity contribution in [2.24, 2.45) is 11.8 Å². The molecular weight excluding hydrogens is 264 g/mol.